The minimum Gasteiger partial charge on any atom is -0.489 e. The number of benzene rings is 2. The van der Waals surface area contributed by atoms with Crippen molar-refractivity contribution in [3.63, 3.8) is 0 Å². The molecule has 0 atom stereocenters. The van der Waals surface area contributed by atoms with Gasteiger partial charge in [0, 0.05) is 15.6 Å². The van der Waals surface area contributed by atoms with Gasteiger partial charge in [-0.2, -0.15) is 0 Å². The summed E-state index contributed by atoms with van der Waals surface area (Å²) in [5, 5.41) is 12.2. The van der Waals surface area contributed by atoms with E-state index in [1.807, 2.05) is 18.2 Å². The summed E-state index contributed by atoms with van der Waals surface area (Å²) in [5.74, 6) is 0.399. The van der Waals surface area contributed by atoms with Gasteiger partial charge in [-0.15, -0.1) is 0 Å². The van der Waals surface area contributed by atoms with Gasteiger partial charge in [0.05, 0.1) is 5.71 Å². The number of aryl methyl sites for hydroxylation is 1. The molecule has 0 unspecified atom stereocenters. The van der Waals surface area contributed by atoms with Gasteiger partial charge in [0.25, 0.3) is 0 Å². The zero-order valence-electron chi connectivity index (χ0n) is 11.1. The lowest BCUT2D eigenvalue weighted by Gasteiger charge is -2.09. The molecule has 0 amide bonds. The van der Waals surface area contributed by atoms with Gasteiger partial charge in [-0.25, -0.2) is 4.39 Å². The third-order valence-corrected chi connectivity index (χ3v) is 4.04. The third kappa shape index (κ3) is 2.93. The van der Waals surface area contributed by atoms with Crippen molar-refractivity contribution >= 4 is 21.6 Å². The highest BCUT2D eigenvalue weighted by atomic mass is 79.9. The maximum absolute atomic E-state index is 13.7. The first-order chi connectivity index (χ1) is 10.2. The van der Waals surface area contributed by atoms with Crippen LogP contribution in [0, 0.1) is 5.82 Å². The molecule has 0 radical (unpaired) electrons. The van der Waals surface area contributed by atoms with Crippen molar-refractivity contribution in [1.29, 1.82) is 0 Å². The molecule has 0 heterocycles. The van der Waals surface area contributed by atoms with Gasteiger partial charge in [-0.3, -0.25) is 0 Å². The van der Waals surface area contributed by atoms with Crippen LogP contribution in [0.1, 0.15) is 23.1 Å². The SMILES string of the molecule is O/N=C1/CCc2cc(OCc3ccc(Br)cc3F)ccc21. The second-order valence-electron chi connectivity index (χ2n) is 4.89. The molecule has 108 valence electrons. The van der Waals surface area contributed by atoms with Crippen molar-refractivity contribution in [2.75, 3.05) is 0 Å². The first-order valence-electron chi connectivity index (χ1n) is 6.58. The molecular weight excluding hydrogens is 337 g/mol. The number of hydrogen-bond donors (Lipinski definition) is 1. The van der Waals surface area contributed by atoms with Crippen LogP contribution in [-0.2, 0) is 13.0 Å². The number of oxime groups is 1. The molecule has 2 aromatic rings. The van der Waals surface area contributed by atoms with Crippen molar-refractivity contribution in [2.45, 2.75) is 19.4 Å². The predicted octanol–water partition coefficient (Wildman–Crippen LogP) is 4.29. The Balaban J connectivity index is 1.75. The lowest BCUT2D eigenvalue weighted by Crippen LogP contribution is -1.99. The lowest BCUT2D eigenvalue weighted by atomic mass is 10.1. The molecule has 2 aromatic carbocycles. The fraction of sp³-hybridized carbons (Fsp3) is 0.188. The summed E-state index contributed by atoms with van der Waals surface area (Å²) in [6.45, 7) is 0.179. The summed E-state index contributed by atoms with van der Waals surface area (Å²) in [4.78, 5) is 0. The molecule has 0 aliphatic heterocycles. The van der Waals surface area contributed by atoms with Crippen LogP contribution in [0.25, 0.3) is 0 Å². The van der Waals surface area contributed by atoms with E-state index in [2.05, 4.69) is 21.1 Å². The standard InChI is InChI=1S/C16H13BrFNO2/c17-12-3-1-11(15(18)8-12)9-21-13-4-5-14-10(7-13)2-6-16(14)19-20/h1,3-5,7-8,20H,2,6,9H2/b19-16-. The Hall–Kier alpha value is -1.88. The van der Waals surface area contributed by atoms with Gasteiger partial charge in [-0.1, -0.05) is 27.2 Å². The Morgan fingerprint density at radius 2 is 2.05 bits per heavy atom. The van der Waals surface area contributed by atoms with E-state index in [1.165, 1.54) is 6.07 Å². The van der Waals surface area contributed by atoms with Gasteiger partial charge in [0.1, 0.15) is 18.2 Å². The second-order valence-corrected chi connectivity index (χ2v) is 5.81. The molecule has 0 fully saturated rings. The average Bonchev–Trinajstić information content (AvgIpc) is 2.88. The fourth-order valence-corrected chi connectivity index (χ4v) is 2.77. The minimum atomic E-state index is -0.291. The van der Waals surface area contributed by atoms with Crippen LogP contribution in [-0.4, -0.2) is 10.9 Å². The summed E-state index contributed by atoms with van der Waals surface area (Å²) in [5.41, 5.74) is 3.27. The third-order valence-electron chi connectivity index (χ3n) is 3.55. The number of fused-ring (bicyclic) bond motifs is 1. The summed E-state index contributed by atoms with van der Waals surface area (Å²) in [6, 6.07) is 10.5. The van der Waals surface area contributed by atoms with Crippen molar-refractivity contribution in [3.8, 4) is 5.75 Å². The van der Waals surface area contributed by atoms with E-state index >= 15 is 0 Å². The second kappa shape index (κ2) is 5.85. The van der Waals surface area contributed by atoms with Crippen molar-refractivity contribution < 1.29 is 14.3 Å². The number of hydrogen-bond acceptors (Lipinski definition) is 3. The zero-order valence-corrected chi connectivity index (χ0v) is 12.7. The molecule has 0 saturated heterocycles. The zero-order chi connectivity index (χ0) is 14.8. The maximum Gasteiger partial charge on any atom is 0.130 e. The Kier molecular flexibility index (Phi) is 3.92. The van der Waals surface area contributed by atoms with Crippen molar-refractivity contribution in [2.24, 2.45) is 5.16 Å². The lowest BCUT2D eigenvalue weighted by molar-refractivity contribution is 0.299. The highest BCUT2D eigenvalue weighted by Gasteiger charge is 2.18. The predicted molar refractivity (Wildman–Crippen MR) is 81.5 cm³/mol. The van der Waals surface area contributed by atoms with E-state index in [0.717, 1.165) is 24.0 Å². The van der Waals surface area contributed by atoms with Crippen molar-refractivity contribution in [3.05, 3.63) is 63.4 Å². The Morgan fingerprint density at radius 3 is 2.81 bits per heavy atom. The fourth-order valence-electron chi connectivity index (χ4n) is 2.44. The van der Waals surface area contributed by atoms with Crippen LogP contribution in [0.15, 0.2) is 46.0 Å². The Morgan fingerprint density at radius 1 is 1.19 bits per heavy atom. The van der Waals surface area contributed by atoms with Crippen LogP contribution in [0.4, 0.5) is 4.39 Å². The Bertz CT molecular complexity index is 715. The molecule has 1 aliphatic rings. The molecule has 0 spiro atoms. The van der Waals surface area contributed by atoms with Crippen LogP contribution >= 0.6 is 15.9 Å². The highest BCUT2D eigenvalue weighted by Crippen LogP contribution is 2.27. The molecule has 3 rings (SSSR count). The number of ether oxygens (including phenoxy) is 1. The van der Waals surface area contributed by atoms with E-state index in [9.17, 15) is 4.39 Å². The smallest absolute Gasteiger partial charge is 0.130 e. The molecule has 0 bridgehead atoms. The first-order valence-corrected chi connectivity index (χ1v) is 7.37. The topological polar surface area (TPSA) is 41.8 Å². The van der Waals surface area contributed by atoms with E-state index in [4.69, 9.17) is 9.94 Å². The van der Waals surface area contributed by atoms with E-state index < -0.39 is 0 Å². The summed E-state index contributed by atoms with van der Waals surface area (Å²) < 4.78 is 20.1. The first kappa shape index (κ1) is 14.1. The largest absolute Gasteiger partial charge is 0.489 e. The van der Waals surface area contributed by atoms with Gasteiger partial charge in [-0.05, 0) is 48.7 Å². The molecule has 5 heteroatoms. The van der Waals surface area contributed by atoms with Crippen LogP contribution in [0.3, 0.4) is 0 Å². The molecule has 21 heavy (non-hydrogen) atoms. The van der Waals surface area contributed by atoms with E-state index in [-0.39, 0.29) is 12.4 Å². The molecule has 0 aromatic heterocycles. The van der Waals surface area contributed by atoms with Crippen LogP contribution in [0.5, 0.6) is 5.75 Å². The minimum absolute atomic E-state index is 0.179. The summed E-state index contributed by atoms with van der Waals surface area (Å²) >= 11 is 3.23. The quantitative estimate of drug-likeness (QED) is 0.663. The maximum atomic E-state index is 13.7. The van der Waals surface area contributed by atoms with E-state index in [1.54, 1.807) is 12.1 Å². The highest BCUT2D eigenvalue weighted by molar-refractivity contribution is 9.10. The number of rotatable bonds is 3. The van der Waals surface area contributed by atoms with E-state index in [0.29, 0.717) is 21.5 Å². The van der Waals surface area contributed by atoms with Gasteiger partial charge < -0.3 is 9.94 Å². The number of halogens is 2. The van der Waals surface area contributed by atoms with Gasteiger partial charge in [0.2, 0.25) is 0 Å². The molecule has 1 aliphatic carbocycles. The molecular formula is C16H13BrFNO2. The van der Waals surface area contributed by atoms with Crippen LogP contribution in [0.2, 0.25) is 0 Å². The molecule has 0 saturated carbocycles. The molecule has 1 N–H and O–H groups in total. The molecule has 3 nitrogen and oxygen atoms in total. The average molecular weight is 350 g/mol. The van der Waals surface area contributed by atoms with Crippen LogP contribution < -0.4 is 4.74 Å². The number of nitrogens with zero attached hydrogens (tertiary/aromatic N) is 1. The van der Waals surface area contributed by atoms with Gasteiger partial charge in [0.15, 0.2) is 0 Å². The summed E-state index contributed by atoms with van der Waals surface area (Å²) in [6.07, 6.45) is 1.56. The van der Waals surface area contributed by atoms with Gasteiger partial charge >= 0.3 is 0 Å². The Labute approximate surface area is 130 Å². The monoisotopic (exact) mass is 349 g/mol. The summed E-state index contributed by atoms with van der Waals surface area (Å²) in [7, 11) is 0. The van der Waals surface area contributed by atoms with Crippen molar-refractivity contribution in [1.82, 2.24) is 0 Å². The normalized spacial score (nSPS) is 15.2.